The molecule has 12 nitrogen and oxygen atoms in total. The minimum atomic E-state index is -1.19. The predicted octanol–water partition coefficient (Wildman–Crippen LogP) is 1.95. The molecule has 3 rings (SSSR count). The minimum absolute atomic E-state index is 0.107. The maximum atomic E-state index is 13.0. The first-order valence-electron chi connectivity index (χ1n) is 12.3. The van der Waals surface area contributed by atoms with Crippen molar-refractivity contribution in [3.05, 3.63) is 52.6 Å². The van der Waals surface area contributed by atoms with Crippen LogP contribution in [0.15, 0.2) is 41.3 Å². The molecule has 38 heavy (non-hydrogen) atoms. The van der Waals surface area contributed by atoms with Crippen LogP contribution in [-0.4, -0.2) is 81.0 Å². The molecule has 1 aromatic carbocycles. The van der Waals surface area contributed by atoms with Crippen LogP contribution in [0.2, 0.25) is 0 Å². The van der Waals surface area contributed by atoms with Crippen LogP contribution in [0, 0.1) is 0 Å². The highest BCUT2D eigenvalue weighted by atomic mass is 16.6. The SMILES string of the molecule is CC(C)(C)OC(=O)NC(C)(C)C(=O)N1CCN(C(=O)Nc2ccn(-c3ccc(CC=O)cc3)c(=O)n2)CC1. The van der Waals surface area contributed by atoms with Gasteiger partial charge in [0.25, 0.3) is 0 Å². The zero-order valence-corrected chi connectivity index (χ0v) is 22.3. The summed E-state index contributed by atoms with van der Waals surface area (Å²) in [5.41, 5.74) is -1.03. The number of aromatic nitrogens is 2. The molecular weight excluding hydrogens is 492 g/mol. The Hall–Kier alpha value is -4.22. The normalized spacial score (nSPS) is 14.0. The molecule has 0 spiro atoms. The van der Waals surface area contributed by atoms with Crippen LogP contribution in [0.1, 0.15) is 40.2 Å². The Bertz CT molecular complexity index is 1240. The van der Waals surface area contributed by atoms with E-state index in [0.717, 1.165) is 11.8 Å². The van der Waals surface area contributed by atoms with Gasteiger partial charge in [-0.15, -0.1) is 0 Å². The summed E-state index contributed by atoms with van der Waals surface area (Å²) in [7, 11) is 0. The lowest BCUT2D eigenvalue weighted by Gasteiger charge is -2.38. The van der Waals surface area contributed by atoms with Crippen LogP contribution in [0.3, 0.4) is 0 Å². The molecule has 12 heteroatoms. The highest BCUT2D eigenvalue weighted by Crippen LogP contribution is 2.15. The van der Waals surface area contributed by atoms with Crippen molar-refractivity contribution in [3.63, 3.8) is 0 Å². The van der Waals surface area contributed by atoms with E-state index < -0.39 is 29.0 Å². The van der Waals surface area contributed by atoms with E-state index in [1.54, 1.807) is 63.8 Å². The summed E-state index contributed by atoms with van der Waals surface area (Å²) in [6.07, 6.45) is 1.93. The number of rotatable bonds is 6. The smallest absolute Gasteiger partial charge is 0.408 e. The number of urea groups is 1. The summed E-state index contributed by atoms with van der Waals surface area (Å²) in [5, 5.41) is 5.23. The molecule has 0 bridgehead atoms. The van der Waals surface area contributed by atoms with Gasteiger partial charge in [-0.2, -0.15) is 4.98 Å². The van der Waals surface area contributed by atoms with Gasteiger partial charge >= 0.3 is 17.8 Å². The highest BCUT2D eigenvalue weighted by molar-refractivity contribution is 5.90. The van der Waals surface area contributed by atoms with Crippen LogP contribution in [0.5, 0.6) is 0 Å². The monoisotopic (exact) mass is 526 g/mol. The maximum absolute atomic E-state index is 13.0. The molecule has 2 heterocycles. The van der Waals surface area contributed by atoms with E-state index in [0.29, 0.717) is 12.1 Å². The summed E-state index contributed by atoms with van der Waals surface area (Å²) in [4.78, 5) is 68.1. The lowest BCUT2D eigenvalue weighted by Crippen LogP contribution is -2.60. The van der Waals surface area contributed by atoms with Gasteiger partial charge in [0, 0.05) is 38.8 Å². The van der Waals surface area contributed by atoms with Crippen LogP contribution in [0.25, 0.3) is 5.69 Å². The van der Waals surface area contributed by atoms with Crippen molar-refractivity contribution in [1.29, 1.82) is 0 Å². The summed E-state index contributed by atoms with van der Waals surface area (Å²) in [6, 6.07) is 8.02. The Kier molecular flexibility index (Phi) is 8.54. The predicted molar refractivity (Wildman–Crippen MR) is 140 cm³/mol. The third kappa shape index (κ3) is 7.40. The molecule has 204 valence electrons. The van der Waals surface area contributed by atoms with Crippen molar-refractivity contribution in [1.82, 2.24) is 24.7 Å². The molecule has 1 saturated heterocycles. The molecule has 1 fully saturated rings. The molecule has 0 radical (unpaired) electrons. The van der Waals surface area contributed by atoms with Crippen molar-refractivity contribution in [3.8, 4) is 5.69 Å². The number of ether oxygens (including phenoxy) is 1. The van der Waals surface area contributed by atoms with E-state index in [9.17, 15) is 24.0 Å². The molecule has 1 aromatic heterocycles. The largest absolute Gasteiger partial charge is 0.444 e. The number of aldehydes is 1. The van der Waals surface area contributed by atoms with Crippen LogP contribution in [0.4, 0.5) is 15.4 Å². The van der Waals surface area contributed by atoms with E-state index in [-0.39, 0.29) is 37.9 Å². The molecule has 2 aromatic rings. The van der Waals surface area contributed by atoms with Gasteiger partial charge < -0.3 is 24.6 Å². The zero-order chi connectivity index (χ0) is 28.1. The lowest BCUT2D eigenvalue weighted by molar-refractivity contribution is -0.138. The lowest BCUT2D eigenvalue weighted by atomic mass is 10.0. The van der Waals surface area contributed by atoms with E-state index in [4.69, 9.17) is 4.74 Å². The first-order valence-corrected chi connectivity index (χ1v) is 12.3. The zero-order valence-electron chi connectivity index (χ0n) is 22.3. The number of carbonyl (C=O) groups is 4. The summed E-state index contributed by atoms with van der Waals surface area (Å²) in [5.74, 6) is -0.178. The summed E-state index contributed by atoms with van der Waals surface area (Å²) >= 11 is 0. The number of alkyl carbamates (subject to hydrolysis) is 1. The fourth-order valence-corrected chi connectivity index (χ4v) is 3.87. The second kappa shape index (κ2) is 11.4. The van der Waals surface area contributed by atoms with Gasteiger partial charge in [-0.05, 0) is 58.4 Å². The number of carbonyl (C=O) groups excluding carboxylic acids is 4. The summed E-state index contributed by atoms with van der Waals surface area (Å²) < 4.78 is 6.58. The van der Waals surface area contributed by atoms with Gasteiger partial charge in [0.05, 0.1) is 5.69 Å². The van der Waals surface area contributed by atoms with Crippen LogP contribution in [-0.2, 0) is 20.7 Å². The van der Waals surface area contributed by atoms with Gasteiger partial charge in [0.1, 0.15) is 23.2 Å². The van der Waals surface area contributed by atoms with Gasteiger partial charge in [-0.25, -0.2) is 14.4 Å². The average molecular weight is 527 g/mol. The molecule has 0 unspecified atom stereocenters. The first-order chi connectivity index (χ1) is 17.8. The van der Waals surface area contributed by atoms with Crippen molar-refractivity contribution in [2.45, 2.75) is 52.2 Å². The topological polar surface area (TPSA) is 143 Å². The standard InChI is InChI=1S/C26H34N6O6/c1-25(2,3)38-24(37)29-26(4,5)21(34)30-13-15-31(16-14-30)22(35)27-20-10-12-32(23(36)28-20)19-8-6-18(7-9-19)11-17-33/h6-10,12,17H,11,13-16H2,1-5H3,(H,29,37)(H,27,28,35,36). The Morgan fingerprint density at radius 3 is 2.13 bits per heavy atom. The number of benzene rings is 1. The molecule has 1 aliphatic rings. The van der Waals surface area contributed by atoms with E-state index in [1.165, 1.54) is 21.7 Å². The molecule has 1 aliphatic heterocycles. The quantitative estimate of drug-likeness (QED) is 0.548. The van der Waals surface area contributed by atoms with Crippen molar-refractivity contribution in [2.75, 3.05) is 31.5 Å². The van der Waals surface area contributed by atoms with Crippen molar-refractivity contribution >= 4 is 30.1 Å². The summed E-state index contributed by atoms with van der Waals surface area (Å²) in [6.45, 7) is 9.52. The molecule has 0 saturated carbocycles. The second-order valence-electron chi connectivity index (χ2n) is 10.5. The number of amides is 4. The Balaban J connectivity index is 1.55. The van der Waals surface area contributed by atoms with Crippen molar-refractivity contribution < 1.29 is 23.9 Å². The first kappa shape index (κ1) is 28.4. The van der Waals surface area contributed by atoms with Crippen molar-refractivity contribution in [2.24, 2.45) is 0 Å². The van der Waals surface area contributed by atoms with E-state index in [2.05, 4.69) is 15.6 Å². The average Bonchev–Trinajstić information content (AvgIpc) is 2.83. The number of nitrogens with zero attached hydrogens (tertiary/aromatic N) is 4. The second-order valence-corrected chi connectivity index (χ2v) is 10.5. The number of hydrogen-bond acceptors (Lipinski definition) is 7. The third-order valence-electron chi connectivity index (χ3n) is 5.77. The molecular formula is C26H34N6O6. The van der Waals surface area contributed by atoms with Gasteiger partial charge in [0.2, 0.25) is 5.91 Å². The minimum Gasteiger partial charge on any atom is -0.444 e. The number of nitrogens with one attached hydrogen (secondary N) is 2. The van der Waals surface area contributed by atoms with Crippen LogP contribution < -0.4 is 16.3 Å². The Morgan fingerprint density at radius 2 is 1.58 bits per heavy atom. The Morgan fingerprint density at radius 1 is 0.974 bits per heavy atom. The van der Waals surface area contributed by atoms with E-state index >= 15 is 0 Å². The van der Waals surface area contributed by atoms with Crippen LogP contribution >= 0.6 is 0 Å². The fourth-order valence-electron chi connectivity index (χ4n) is 3.87. The molecule has 4 amide bonds. The maximum Gasteiger partial charge on any atom is 0.408 e. The third-order valence-corrected chi connectivity index (χ3v) is 5.77. The van der Waals surface area contributed by atoms with Gasteiger partial charge in [0.15, 0.2) is 0 Å². The van der Waals surface area contributed by atoms with Gasteiger partial charge in [-0.1, -0.05) is 12.1 Å². The molecule has 0 atom stereocenters. The van der Waals surface area contributed by atoms with E-state index in [1.807, 2.05) is 0 Å². The fraction of sp³-hybridized carbons (Fsp3) is 0.462. The number of hydrogen-bond donors (Lipinski definition) is 2. The molecule has 0 aliphatic carbocycles. The Labute approximate surface area is 221 Å². The number of piperazine rings is 1. The highest BCUT2D eigenvalue weighted by Gasteiger charge is 2.36. The molecule has 2 N–H and O–H groups in total. The van der Waals surface area contributed by atoms with Gasteiger partial charge in [-0.3, -0.25) is 14.7 Å². The number of anilines is 1.